The van der Waals surface area contributed by atoms with E-state index in [1.807, 2.05) is 12.5 Å². The largest absolute Gasteiger partial charge is 0.299 e. The monoisotopic (exact) mass is 340 g/mol. The van der Waals surface area contributed by atoms with Crippen LogP contribution in [0.5, 0.6) is 0 Å². The molecule has 0 bridgehead atoms. The number of Topliss-reactive ketones (excluding diaryl/α,β-unsaturated/α-hetero) is 1. The molecule has 25 heavy (non-hydrogen) atoms. The van der Waals surface area contributed by atoms with E-state index in [4.69, 9.17) is 0 Å². The Hall–Kier alpha value is -0.590. The Morgan fingerprint density at radius 1 is 1.04 bits per heavy atom. The van der Waals surface area contributed by atoms with Gasteiger partial charge in [-0.15, -0.1) is 0 Å². The summed E-state index contributed by atoms with van der Waals surface area (Å²) in [4.78, 5) is 13.0. The molecule has 7 atom stereocenters. The zero-order valence-corrected chi connectivity index (χ0v) is 16.4. The fourth-order valence-corrected chi connectivity index (χ4v) is 9.10. The fraction of sp³-hybridized carbons (Fsp3) is 0.875. The third-order valence-electron chi connectivity index (χ3n) is 10.0. The van der Waals surface area contributed by atoms with Gasteiger partial charge in [-0.1, -0.05) is 31.4 Å². The van der Waals surface area contributed by atoms with Crippen LogP contribution >= 0.6 is 0 Å². The van der Waals surface area contributed by atoms with Crippen molar-refractivity contribution in [1.29, 1.82) is 0 Å². The van der Waals surface area contributed by atoms with Crippen LogP contribution in [-0.4, -0.2) is 5.78 Å². The van der Waals surface area contributed by atoms with Crippen molar-refractivity contribution in [2.45, 2.75) is 90.9 Å². The van der Waals surface area contributed by atoms with Crippen LogP contribution in [0.1, 0.15) is 90.9 Å². The van der Waals surface area contributed by atoms with Gasteiger partial charge in [0.1, 0.15) is 5.78 Å². The van der Waals surface area contributed by atoms with Crippen LogP contribution in [0, 0.1) is 40.4 Å². The first-order valence-corrected chi connectivity index (χ1v) is 11.3. The maximum atomic E-state index is 13.0. The summed E-state index contributed by atoms with van der Waals surface area (Å²) in [6.07, 6.45) is 18.9. The van der Waals surface area contributed by atoms with Crippen molar-refractivity contribution in [1.82, 2.24) is 0 Å². The number of carbonyl (C=O) groups excluding carboxylic acids is 1. The van der Waals surface area contributed by atoms with Crippen LogP contribution in [0.15, 0.2) is 11.6 Å². The van der Waals surface area contributed by atoms with Gasteiger partial charge in [0, 0.05) is 5.41 Å². The van der Waals surface area contributed by atoms with Gasteiger partial charge >= 0.3 is 0 Å². The molecule has 0 aromatic rings. The first kappa shape index (κ1) is 16.6. The highest BCUT2D eigenvalue weighted by Gasteiger charge is 2.68. The van der Waals surface area contributed by atoms with Gasteiger partial charge in [-0.3, -0.25) is 4.79 Å². The molecule has 0 aromatic heterocycles. The smallest absolute Gasteiger partial charge is 0.136 e. The number of carbonyl (C=O) groups is 1. The second-order valence-electron chi connectivity index (χ2n) is 10.5. The number of fused-ring (bicyclic) bond motifs is 7. The molecule has 5 aliphatic carbocycles. The van der Waals surface area contributed by atoms with Crippen LogP contribution in [0.25, 0.3) is 0 Å². The Kier molecular flexibility index (Phi) is 3.78. The first-order chi connectivity index (χ1) is 12.1. The van der Waals surface area contributed by atoms with Crippen molar-refractivity contribution in [2.24, 2.45) is 40.4 Å². The van der Waals surface area contributed by atoms with E-state index in [0.717, 1.165) is 23.7 Å². The van der Waals surface area contributed by atoms with Gasteiger partial charge in [-0.2, -0.15) is 0 Å². The quantitative estimate of drug-likeness (QED) is 0.510. The summed E-state index contributed by atoms with van der Waals surface area (Å²) in [6, 6.07) is 0. The average molecular weight is 341 g/mol. The molecule has 5 rings (SSSR count). The summed E-state index contributed by atoms with van der Waals surface area (Å²) >= 11 is 0. The van der Waals surface area contributed by atoms with E-state index in [1.54, 1.807) is 0 Å². The number of allylic oxidation sites excluding steroid dienone is 2. The minimum atomic E-state index is 0.0452. The molecule has 0 heterocycles. The molecular weight excluding hydrogens is 304 g/mol. The molecule has 0 radical (unpaired) electrons. The summed E-state index contributed by atoms with van der Waals surface area (Å²) in [5.74, 6) is 4.86. The molecule has 1 heteroatoms. The summed E-state index contributed by atoms with van der Waals surface area (Å²) in [5.41, 5.74) is 2.18. The van der Waals surface area contributed by atoms with Gasteiger partial charge in [0.05, 0.1) is 0 Å². The van der Waals surface area contributed by atoms with Crippen molar-refractivity contribution in [3.05, 3.63) is 11.6 Å². The summed E-state index contributed by atoms with van der Waals surface area (Å²) in [6.45, 7) is 4.51. The van der Waals surface area contributed by atoms with Crippen LogP contribution < -0.4 is 0 Å². The van der Waals surface area contributed by atoms with E-state index in [-0.39, 0.29) is 5.41 Å². The molecule has 138 valence electrons. The van der Waals surface area contributed by atoms with Gasteiger partial charge in [-0.25, -0.2) is 0 Å². The highest BCUT2D eigenvalue weighted by atomic mass is 16.1. The third-order valence-corrected chi connectivity index (χ3v) is 10.0. The Bertz CT molecular complexity index is 603. The van der Waals surface area contributed by atoms with Crippen LogP contribution in [0.4, 0.5) is 0 Å². The predicted octanol–water partition coefficient (Wildman–Crippen LogP) is 6.32. The van der Waals surface area contributed by atoms with Crippen molar-refractivity contribution >= 4 is 5.78 Å². The lowest BCUT2D eigenvalue weighted by Crippen LogP contribution is -2.53. The Balaban J connectivity index is 1.52. The highest BCUT2D eigenvalue weighted by molar-refractivity contribution is 5.84. The minimum Gasteiger partial charge on any atom is -0.299 e. The van der Waals surface area contributed by atoms with Gasteiger partial charge < -0.3 is 0 Å². The van der Waals surface area contributed by atoms with E-state index >= 15 is 0 Å². The Labute approximate surface area is 154 Å². The standard InChI is InChI=1S/C24H36O/c1-16(25)24-13-6-5-8-18(24)15-22-21-11-10-17-7-3-4-9-19(17)20(21)12-14-23(22,24)2/h7,18-22H,3-6,8-15H2,1-2H3/t18-,19+,20-,21-,22+,23+,24+/m1/s1. The van der Waals surface area contributed by atoms with Crippen molar-refractivity contribution in [3.63, 3.8) is 0 Å². The zero-order valence-electron chi connectivity index (χ0n) is 16.4. The SMILES string of the molecule is CC(=O)[C@@]12CCCC[C@@H]1C[C@H]1[C@@H]3CCC4=CCCC[C@@H]4[C@H]3CC[C@@]12C. The molecule has 0 N–H and O–H groups in total. The summed E-state index contributed by atoms with van der Waals surface area (Å²) in [7, 11) is 0. The second-order valence-corrected chi connectivity index (χ2v) is 10.5. The van der Waals surface area contributed by atoms with Crippen molar-refractivity contribution in [3.8, 4) is 0 Å². The maximum Gasteiger partial charge on any atom is 0.136 e. The van der Waals surface area contributed by atoms with Crippen molar-refractivity contribution < 1.29 is 4.79 Å². The predicted molar refractivity (Wildman–Crippen MR) is 102 cm³/mol. The molecule has 0 unspecified atom stereocenters. The Morgan fingerprint density at radius 2 is 1.92 bits per heavy atom. The van der Waals surface area contributed by atoms with Crippen LogP contribution in [0.3, 0.4) is 0 Å². The number of ketones is 1. The molecule has 0 aromatic carbocycles. The van der Waals surface area contributed by atoms with Crippen LogP contribution in [0.2, 0.25) is 0 Å². The summed E-state index contributed by atoms with van der Waals surface area (Å²) < 4.78 is 0. The highest BCUT2D eigenvalue weighted by Crippen LogP contribution is 2.72. The number of rotatable bonds is 1. The van der Waals surface area contributed by atoms with E-state index in [0.29, 0.717) is 17.1 Å². The molecule has 0 aliphatic heterocycles. The molecule has 0 amide bonds. The number of hydrogen-bond donors (Lipinski definition) is 0. The summed E-state index contributed by atoms with van der Waals surface area (Å²) in [5, 5.41) is 0. The zero-order chi connectivity index (χ0) is 17.2. The van der Waals surface area contributed by atoms with Gasteiger partial charge in [-0.05, 0) is 106 Å². The maximum absolute atomic E-state index is 13.0. The lowest BCUT2D eigenvalue weighted by atomic mass is 9.46. The van der Waals surface area contributed by atoms with E-state index in [9.17, 15) is 4.79 Å². The van der Waals surface area contributed by atoms with E-state index in [2.05, 4.69) is 13.0 Å². The molecule has 5 aliphatic rings. The normalized spacial score (nSPS) is 51.6. The minimum absolute atomic E-state index is 0.0452. The van der Waals surface area contributed by atoms with E-state index in [1.165, 1.54) is 77.0 Å². The molecular formula is C24H36O. The molecule has 4 saturated carbocycles. The average Bonchev–Trinajstić information content (AvgIpc) is 2.91. The second kappa shape index (κ2) is 5.70. The Morgan fingerprint density at radius 3 is 2.76 bits per heavy atom. The van der Waals surface area contributed by atoms with Gasteiger partial charge in [0.2, 0.25) is 0 Å². The molecule has 0 saturated heterocycles. The third kappa shape index (κ3) is 2.05. The lowest BCUT2D eigenvalue weighted by Gasteiger charge is -2.57. The lowest BCUT2D eigenvalue weighted by molar-refractivity contribution is -0.146. The van der Waals surface area contributed by atoms with Gasteiger partial charge in [0.25, 0.3) is 0 Å². The molecule has 1 nitrogen and oxygen atoms in total. The molecule has 0 spiro atoms. The van der Waals surface area contributed by atoms with Gasteiger partial charge in [0.15, 0.2) is 0 Å². The van der Waals surface area contributed by atoms with E-state index < -0.39 is 0 Å². The molecule has 4 fully saturated rings. The van der Waals surface area contributed by atoms with Crippen LogP contribution in [-0.2, 0) is 4.79 Å². The van der Waals surface area contributed by atoms with Crippen molar-refractivity contribution in [2.75, 3.05) is 0 Å². The fourth-order valence-electron chi connectivity index (χ4n) is 9.10. The first-order valence-electron chi connectivity index (χ1n) is 11.3. The topological polar surface area (TPSA) is 17.1 Å². The number of hydrogen-bond acceptors (Lipinski definition) is 1.